The molecule has 0 spiro atoms. The molecule has 6 heteroatoms. The lowest BCUT2D eigenvalue weighted by molar-refractivity contribution is -0.137. The number of carbonyl (C=O) groups is 2. The molecule has 0 bridgehead atoms. The van der Waals surface area contributed by atoms with Crippen molar-refractivity contribution >= 4 is 11.8 Å². The lowest BCUT2D eigenvalue weighted by atomic mass is 9.99. The number of benzene rings is 1. The molecule has 0 heterocycles. The van der Waals surface area contributed by atoms with Gasteiger partial charge < -0.3 is 9.47 Å². The maximum atomic E-state index is 12.8. The first kappa shape index (κ1) is 15.1. The zero-order valence-corrected chi connectivity index (χ0v) is 10.8. The number of rotatable bonds is 5. The van der Waals surface area contributed by atoms with Crippen LogP contribution >= 0.6 is 0 Å². The van der Waals surface area contributed by atoms with Crippen LogP contribution in [0.15, 0.2) is 12.1 Å². The highest BCUT2D eigenvalue weighted by Crippen LogP contribution is 2.34. The Morgan fingerprint density at radius 2 is 1.95 bits per heavy atom. The molecule has 0 N–H and O–H groups in total. The van der Waals surface area contributed by atoms with E-state index in [1.54, 1.807) is 6.92 Å². The second-order valence-corrected chi connectivity index (χ2v) is 3.73. The molecule has 0 aliphatic rings. The van der Waals surface area contributed by atoms with Crippen LogP contribution in [0.2, 0.25) is 0 Å². The average molecular weight is 272 g/mol. The summed E-state index contributed by atoms with van der Waals surface area (Å²) in [4.78, 5) is 23.3. The zero-order chi connectivity index (χ0) is 14.6. The van der Waals surface area contributed by atoms with Gasteiger partial charge in [-0.25, -0.2) is 13.6 Å². The van der Waals surface area contributed by atoms with Crippen molar-refractivity contribution in [1.29, 1.82) is 0 Å². The van der Waals surface area contributed by atoms with Gasteiger partial charge >= 0.3 is 5.97 Å². The smallest absolute Gasteiger partial charge is 0.379 e. The Morgan fingerprint density at radius 1 is 1.32 bits per heavy atom. The van der Waals surface area contributed by atoms with E-state index in [4.69, 9.17) is 4.74 Å². The number of ether oxygens (including phenoxy) is 2. The molecule has 0 aliphatic heterocycles. The third-order valence-corrected chi connectivity index (χ3v) is 2.52. The lowest BCUT2D eigenvalue weighted by Crippen LogP contribution is -2.20. The second kappa shape index (κ2) is 6.26. The van der Waals surface area contributed by atoms with Gasteiger partial charge in [-0.3, -0.25) is 4.79 Å². The van der Waals surface area contributed by atoms with E-state index in [2.05, 4.69) is 4.74 Å². The van der Waals surface area contributed by atoms with Crippen LogP contribution in [0.25, 0.3) is 0 Å². The van der Waals surface area contributed by atoms with Crippen molar-refractivity contribution in [2.45, 2.75) is 20.3 Å². The van der Waals surface area contributed by atoms with Gasteiger partial charge in [-0.05, 0) is 25.5 Å². The Bertz CT molecular complexity index is 498. The third kappa shape index (κ3) is 3.07. The molecule has 0 radical (unpaired) electrons. The van der Waals surface area contributed by atoms with Crippen molar-refractivity contribution in [2.24, 2.45) is 0 Å². The van der Waals surface area contributed by atoms with Crippen molar-refractivity contribution in [1.82, 2.24) is 0 Å². The van der Waals surface area contributed by atoms with Crippen LogP contribution in [0.3, 0.4) is 0 Å². The predicted molar refractivity (Wildman–Crippen MR) is 63.7 cm³/mol. The highest BCUT2D eigenvalue weighted by atomic mass is 19.3. The first-order valence-corrected chi connectivity index (χ1v) is 5.61. The Morgan fingerprint density at radius 3 is 2.42 bits per heavy atom. The Hall–Kier alpha value is -1.98. The minimum atomic E-state index is -2.80. The molecule has 0 saturated carbocycles. The Labute approximate surface area is 109 Å². The fourth-order valence-electron chi connectivity index (χ4n) is 1.67. The summed E-state index contributed by atoms with van der Waals surface area (Å²) in [6, 6.07) is 2.51. The maximum Gasteiger partial charge on any atom is 0.379 e. The summed E-state index contributed by atoms with van der Waals surface area (Å²) >= 11 is 0. The van der Waals surface area contributed by atoms with Crippen LogP contribution < -0.4 is 4.74 Å². The summed E-state index contributed by atoms with van der Waals surface area (Å²) in [5.41, 5.74) is -0.237. The number of alkyl halides is 2. The van der Waals surface area contributed by atoms with Gasteiger partial charge in [0.1, 0.15) is 5.75 Å². The molecule has 1 aromatic rings. The van der Waals surface area contributed by atoms with Gasteiger partial charge in [0.05, 0.1) is 24.8 Å². The van der Waals surface area contributed by atoms with Crippen LogP contribution in [0.4, 0.5) is 8.78 Å². The number of aryl methyl sites for hydroxylation is 1. The first-order chi connectivity index (χ1) is 8.93. The monoisotopic (exact) mass is 272 g/mol. The normalized spacial score (nSPS) is 10.4. The molecule has 0 fully saturated rings. The molecule has 104 valence electrons. The summed E-state index contributed by atoms with van der Waals surface area (Å²) in [5.74, 6) is -2.36. The van der Waals surface area contributed by atoms with Gasteiger partial charge in [-0.15, -0.1) is 0 Å². The minimum absolute atomic E-state index is 0.0282. The van der Waals surface area contributed by atoms with E-state index >= 15 is 0 Å². The van der Waals surface area contributed by atoms with E-state index < -0.39 is 23.7 Å². The van der Waals surface area contributed by atoms with E-state index in [0.29, 0.717) is 5.56 Å². The molecule has 1 aromatic carbocycles. The van der Waals surface area contributed by atoms with Gasteiger partial charge in [0, 0.05) is 0 Å². The molecule has 0 unspecified atom stereocenters. The highest BCUT2D eigenvalue weighted by molar-refractivity contribution is 6.41. The number of carbonyl (C=O) groups excluding carboxylic acids is 2. The average Bonchev–Trinajstić information content (AvgIpc) is 2.37. The van der Waals surface area contributed by atoms with Crippen molar-refractivity contribution in [3.8, 4) is 5.75 Å². The van der Waals surface area contributed by atoms with Crippen molar-refractivity contribution < 1.29 is 27.8 Å². The van der Waals surface area contributed by atoms with E-state index in [-0.39, 0.29) is 17.9 Å². The van der Waals surface area contributed by atoms with E-state index in [1.165, 1.54) is 26.2 Å². The zero-order valence-electron chi connectivity index (χ0n) is 10.8. The number of esters is 1. The van der Waals surface area contributed by atoms with E-state index in [0.717, 1.165) is 0 Å². The largest absolute Gasteiger partial charge is 0.495 e. The van der Waals surface area contributed by atoms with Crippen LogP contribution in [0.1, 0.15) is 34.8 Å². The van der Waals surface area contributed by atoms with Crippen molar-refractivity contribution in [2.75, 3.05) is 13.7 Å². The Kier molecular flexibility index (Phi) is 4.97. The van der Waals surface area contributed by atoms with Gasteiger partial charge in [-0.1, -0.05) is 6.07 Å². The number of Topliss-reactive ketones (excluding diaryl/α,β-unsaturated/α-hetero) is 1. The number of hydrogen-bond acceptors (Lipinski definition) is 4. The lowest BCUT2D eigenvalue weighted by Gasteiger charge is -2.14. The molecule has 0 amide bonds. The van der Waals surface area contributed by atoms with Gasteiger partial charge in [0.2, 0.25) is 0 Å². The quantitative estimate of drug-likeness (QED) is 0.470. The summed E-state index contributed by atoms with van der Waals surface area (Å²) in [7, 11) is 1.17. The van der Waals surface area contributed by atoms with Crippen molar-refractivity contribution in [3.63, 3.8) is 0 Å². The van der Waals surface area contributed by atoms with E-state index in [1.807, 2.05) is 0 Å². The van der Waals surface area contributed by atoms with Crippen molar-refractivity contribution in [3.05, 3.63) is 28.8 Å². The predicted octanol–water partition coefficient (Wildman–Crippen LogP) is 2.69. The molecule has 1 rings (SSSR count). The molecule has 0 aromatic heterocycles. The fraction of sp³-hybridized carbons (Fsp3) is 0.385. The Balaban J connectivity index is 3.36. The molecular weight excluding hydrogens is 258 g/mol. The summed E-state index contributed by atoms with van der Waals surface area (Å²) < 4.78 is 35.1. The summed E-state index contributed by atoms with van der Waals surface area (Å²) in [6.07, 6.45) is -2.80. The van der Waals surface area contributed by atoms with E-state index in [9.17, 15) is 18.4 Å². The SMILES string of the molecule is CCOC(=O)C(=O)c1c(C)ccc(C(F)F)c1OC. The van der Waals surface area contributed by atoms with Gasteiger partial charge in [-0.2, -0.15) is 0 Å². The number of halogens is 2. The number of hydrogen-bond donors (Lipinski definition) is 0. The maximum absolute atomic E-state index is 12.8. The molecule has 0 atom stereocenters. The summed E-state index contributed by atoms with van der Waals surface area (Å²) in [5, 5.41) is 0. The van der Waals surface area contributed by atoms with Gasteiger partial charge in [0.15, 0.2) is 0 Å². The molecule has 0 aliphatic carbocycles. The summed E-state index contributed by atoms with van der Waals surface area (Å²) in [6.45, 7) is 3.11. The third-order valence-electron chi connectivity index (χ3n) is 2.52. The van der Waals surface area contributed by atoms with Crippen LogP contribution in [-0.4, -0.2) is 25.5 Å². The molecule has 0 saturated heterocycles. The molecule has 19 heavy (non-hydrogen) atoms. The standard InChI is InChI=1S/C13H14F2O4/c1-4-19-13(17)10(16)9-7(2)5-6-8(12(14)15)11(9)18-3/h5-6,12H,4H2,1-3H3. The van der Waals surface area contributed by atoms with Crippen LogP contribution in [-0.2, 0) is 9.53 Å². The highest BCUT2D eigenvalue weighted by Gasteiger charge is 2.27. The minimum Gasteiger partial charge on any atom is -0.495 e. The van der Waals surface area contributed by atoms with Crippen LogP contribution in [0, 0.1) is 6.92 Å². The second-order valence-electron chi connectivity index (χ2n) is 3.73. The number of ketones is 1. The number of methoxy groups -OCH3 is 1. The molecular formula is C13H14F2O4. The molecule has 4 nitrogen and oxygen atoms in total. The van der Waals surface area contributed by atoms with Gasteiger partial charge in [0.25, 0.3) is 12.2 Å². The van der Waals surface area contributed by atoms with Crippen LogP contribution in [0.5, 0.6) is 5.75 Å². The topological polar surface area (TPSA) is 52.6 Å². The fourth-order valence-corrected chi connectivity index (χ4v) is 1.67. The first-order valence-electron chi connectivity index (χ1n) is 5.61.